The predicted octanol–water partition coefficient (Wildman–Crippen LogP) is 6.63. The first-order valence-corrected chi connectivity index (χ1v) is 15.3. The Morgan fingerprint density at radius 3 is 2.26 bits per heavy atom. The van der Waals surface area contributed by atoms with Gasteiger partial charge in [0.05, 0.1) is 11.0 Å². The molecule has 3 heterocycles. The Morgan fingerprint density at radius 2 is 1.59 bits per heavy atom. The minimum Gasteiger partial charge on any atom is -0.339 e. The number of nitrogens with zero attached hydrogens (tertiary/aromatic N) is 5. The fourth-order valence-electron chi connectivity index (χ4n) is 5.51. The molecule has 1 saturated heterocycles. The first kappa shape index (κ1) is 29.3. The summed E-state index contributed by atoms with van der Waals surface area (Å²) in [4.78, 5) is 27.7. The van der Waals surface area contributed by atoms with Gasteiger partial charge in [0.25, 0.3) is 5.91 Å². The molecule has 2 aromatic heterocycles. The quantitative estimate of drug-likeness (QED) is 0.234. The molecule has 0 saturated carbocycles. The minimum atomic E-state index is 0.151. The van der Waals surface area contributed by atoms with Crippen LogP contribution >= 0.6 is 0 Å². The monoisotopic (exact) mass is 531 g/mol. The lowest BCUT2D eigenvalue weighted by Crippen LogP contribution is -2.34. The third-order valence-corrected chi connectivity index (χ3v) is 8.01. The Morgan fingerprint density at radius 1 is 0.897 bits per heavy atom. The van der Waals surface area contributed by atoms with Gasteiger partial charge in [0.2, 0.25) is 0 Å². The normalized spacial score (nSPS) is 14.5. The number of carbonyl (C=O) groups excluding carboxylic acids is 1. The van der Waals surface area contributed by atoms with Crippen molar-refractivity contribution < 1.29 is 4.79 Å². The third kappa shape index (κ3) is 8.63. The zero-order valence-electron chi connectivity index (χ0n) is 24.7. The maximum atomic E-state index is 13.7. The van der Waals surface area contributed by atoms with Crippen molar-refractivity contribution >= 4 is 16.9 Å². The molecule has 0 unspecified atom stereocenters. The maximum Gasteiger partial charge on any atom is 0.253 e. The van der Waals surface area contributed by atoms with Gasteiger partial charge in [0.1, 0.15) is 5.82 Å². The van der Waals surface area contributed by atoms with Crippen LogP contribution in [0.15, 0.2) is 42.7 Å². The number of aryl methyl sites for hydroxylation is 3. The second-order valence-corrected chi connectivity index (χ2v) is 12.2. The number of benzene rings is 1. The fraction of sp³-hybridized carbons (Fsp3) is 0.606. The highest BCUT2D eigenvalue weighted by atomic mass is 16.2. The summed E-state index contributed by atoms with van der Waals surface area (Å²) in [6, 6.07) is 10.3. The maximum absolute atomic E-state index is 13.7. The lowest BCUT2D eigenvalue weighted by Gasteiger charge is -2.26. The summed E-state index contributed by atoms with van der Waals surface area (Å²) >= 11 is 0. The van der Waals surface area contributed by atoms with Gasteiger partial charge in [-0.15, -0.1) is 0 Å². The van der Waals surface area contributed by atoms with Gasteiger partial charge in [-0.2, -0.15) is 0 Å². The van der Waals surface area contributed by atoms with Crippen LogP contribution in [0.25, 0.3) is 11.0 Å². The van der Waals surface area contributed by atoms with E-state index in [4.69, 9.17) is 4.98 Å². The second-order valence-electron chi connectivity index (χ2n) is 12.2. The molecule has 0 bridgehead atoms. The average molecular weight is 532 g/mol. The Labute approximate surface area is 235 Å². The molecule has 0 N–H and O–H groups in total. The Hall–Kier alpha value is -2.73. The van der Waals surface area contributed by atoms with E-state index in [1.807, 2.05) is 18.5 Å². The summed E-state index contributed by atoms with van der Waals surface area (Å²) in [5, 5.41) is 0. The van der Waals surface area contributed by atoms with Crippen LogP contribution in [0.3, 0.4) is 0 Å². The van der Waals surface area contributed by atoms with Crippen molar-refractivity contribution in [1.82, 2.24) is 24.3 Å². The van der Waals surface area contributed by atoms with Gasteiger partial charge >= 0.3 is 0 Å². The molecule has 1 fully saturated rings. The largest absolute Gasteiger partial charge is 0.339 e. The summed E-state index contributed by atoms with van der Waals surface area (Å²) in [6.07, 6.45) is 12.7. The van der Waals surface area contributed by atoms with Gasteiger partial charge in [0.15, 0.2) is 0 Å². The highest BCUT2D eigenvalue weighted by molar-refractivity contribution is 5.97. The minimum absolute atomic E-state index is 0.151. The number of fused-ring (bicyclic) bond motifs is 1. The molecule has 3 aromatic rings. The zero-order chi connectivity index (χ0) is 27.6. The number of piperidine rings is 1. The third-order valence-electron chi connectivity index (χ3n) is 8.01. The molecule has 6 heteroatoms. The Bertz CT molecular complexity index is 1150. The first-order chi connectivity index (χ1) is 18.9. The highest BCUT2D eigenvalue weighted by Gasteiger charge is 2.19. The molecule has 0 atom stereocenters. The summed E-state index contributed by atoms with van der Waals surface area (Å²) in [6.45, 7) is 15.0. The van der Waals surface area contributed by atoms with Crippen molar-refractivity contribution in [1.29, 1.82) is 0 Å². The number of hydrogen-bond donors (Lipinski definition) is 0. The van der Waals surface area contributed by atoms with E-state index in [0.717, 1.165) is 80.7 Å². The number of carbonyl (C=O) groups is 1. The van der Waals surface area contributed by atoms with Crippen molar-refractivity contribution in [2.75, 3.05) is 32.7 Å². The van der Waals surface area contributed by atoms with E-state index >= 15 is 0 Å². The van der Waals surface area contributed by atoms with Gasteiger partial charge in [-0.1, -0.05) is 34.1 Å². The molecule has 0 spiro atoms. The SMILES string of the molecule is CC(C)CCN(CCC(C)C)C(=O)c1ccc2nc(CCc3ccncc3)n(CCCN3CCCCC3)c2c1. The van der Waals surface area contributed by atoms with Crippen molar-refractivity contribution in [3.63, 3.8) is 0 Å². The highest BCUT2D eigenvalue weighted by Crippen LogP contribution is 2.22. The van der Waals surface area contributed by atoms with Crippen LogP contribution in [0.5, 0.6) is 0 Å². The molecule has 6 nitrogen and oxygen atoms in total. The molecule has 0 radical (unpaired) electrons. The molecular formula is C33H49N5O. The second kappa shape index (κ2) is 14.6. The smallest absolute Gasteiger partial charge is 0.253 e. The molecule has 1 aliphatic rings. The van der Waals surface area contributed by atoms with E-state index < -0.39 is 0 Å². The summed E-state index contributed by atoms with van der Waals surface area (Å²) in [7, 11) is 0. The van der Waals surface area contributed by atoms with E-state index in [0.29, 0.717) is 11.8 Å². The van der Waals surface area contributed by atoms with E-state index in [2.05, 4.69) is 71.3 Å². The number of imidazole rings is 1. The van der Waals surface area contributed by atoms with Gasteiger partial charge in [-0.3, -0.25) is 9.78 Å². The van der Waals surface area contributed by atoms with Crippen LogP contribution in [0, 0.1) is 11.8 Å². The lowest BCUT2D eigenvalue weighted by atomic mass is 10.1. The summed E-state index contributed by atoms with van der Waals surface area (Å²) < 4.78 is 2.39. The first-order valence-electron chi connectivity index (χ1n) is 15.3. The van der Waals surface area contributed by atoms with Crippen LogP contribution in [0.4, 0.5) is 0 Å². The average Bonchev–Trinajstić information content (AvgIpc) is 3.29. The van der Waals surface area contributed by atoms with Gasteiger partial charge < -0.3 is 14.4 Å². The van der Waals surface area contributed by atoms with Crippen LogP contribution in [0.1, 0.15) is 88.0 Å². The molecule has 0 aliphatic carbocycles. The van der Waals surface area contributed by atoms with Crippen molar-refractivity contribution in [2.24, 2.45) is 11.8 Å². The Kier molecular flexibility index (Phi) is 11.0. The topological polar surface area (TPSA) is 54.3 Å². The van der Waals surface area contributed by atoms with Crippen molar-refractivity contribution in [3.05, 3.63) is 59.7 Å². The zero-order valence-corrected chi connectivity index (χ0v) is 24.7. The molecule has 39 heavy (non-hydrogen) atoms. The van der Waals surface area contributed by atoms with Crippen LogP contribution in [-0.2, 0) is 19.4 Å². The van der Waals surface area contributed by atoms with Crippen LogP contribution < -0.4 is 0 Å². The van der Waals surface area contributed by atoms with Crippen molar-refractivity contribution in [3.8, 4) is 0 Å². The predicted molar refractivity (Wildman–Crippen MR) is 161 cm³/mol. The van der Waals surface area contributed by atoms with Gasteiger partial charge in [-0.25, -0.2) is 4.98 Å². The van der Waals surface area contributed by atoms with E-state index in [-0.39, 0.29) is 5.91 Å². The number of hydrogen-bond acceptors (Lipinski definition) is 4. The summed E-state index contributed by atoms with van der Waals surface area (Å²) in [5.41, 5.74) is 4.15. The number of likely N-dealkylation sites (tertiary alicyclic amines) is 1. The molecule has 1 amide bonds. The van der Waals surface area contributed by atoms with Crippen molar-refractivity contribution in [2.45, 2.75) is 85.6 Å². The molecule has 4 rings (SSSR count). The fourth-order valence-corrected chi connectivity index (χ4v) is 5.51. The number of rotatable bonds is 14. The number of aromatic nitrogens is 3. The standard InChI is InChI=1S/C33H49N5O/c1-26(2)15-23-37(24-16-27(3)4)33(39)29-10-11-30-31(25-29)38(22-8-21-36-19-6-5-7-20-36)32(35-30)12-9-28-13-17-34-18-14-28/h10-11,13-14,17-18,25-27H,5-9,12,15-16,19-24H2,1-4H3. The van der Waals surface area contributed by atoms with Gasteiger partial charge in [-0.05, 0) is 106 Å². The molecule has 1 aromatic carbocycles. The van der Waals surface area contributed by atoms with Gasteiger partial charge in [0, 0.05) is 44.0 Å². The van der Waals surface area contributed by atoms with Crippen LogP contribution in [0.2, 0.25) is 0 Å². The molecule has 212 valence electrons. The molecular weight excluding hydrogens is 482 g/mol. The summed E-state index contributed by atoms with van der Waals surface area (Å²) in [5.74, 6) is 2.41. The van der Waals surface area contributed by atoms with E-state index in [9.17, 15) is 4.79 Å². The van der Waals surface area contributed by atoms with E-state index in [1.54, 1.807) is 0 Å². The molecule has 1 aliphatic heterocycles. The Balaban J connectivity index is 1.57. The van der Waals surface area contributed by atoms with Crippen LogP contribution in [-0.4, -0.2) is 63.0 Å². The number of amides is 1. The lowest BCUT2D eigenvalue weighted by molar-refractivity contribution is 0.0741. The van der Waals surface area contributed by atoms with E-state index in [1.165, 1.54) is 37.9 Å². The number of pyridine rings is 1.